The van der Waals surface area contributed by atoms with Crippen LogP contribution in [-0.4, -0.2) is 5.78 Å². The third-order valence-corrected chi connectivity index (χ3v) is 5.57. The molecule has 0 unspecified atom stereocenters. The lowest BCUT2D eigenvalue weighted by Gasteiger charge is -2.02. The first kappa shape index (κ1) is 12.9. The molecule has 0 aliphatic heterocycles. The molecular weight excluding hydrogens is 371 g/mol. The first-order valence-electron chi connectivity index (χ1n) is 4.74. The van der Waals surface area contributed by atoms with Crippen LogP contribution in [0.3, 0.4) is 0 Å². The minimum absolute atomic E-state index is 0.154. The van der Waals surface area contributed by atoms with E-state index in [4.69, 9.17) is 0 Å². The van der Waals surface area contributed by atoms with Crippen molar-refractivity contribution in [1.82, 2.24) is 0 Å². The number of hydrogen-bond donors (Lipinski definition) is 0. The monoisotopic (exact) mass is 376 g/mol. The lowest BCUT2D eigenvalue weighted by atomic mass is 10.0. The summed E-state index contributed by atoms with van der Waals surface area (Å²) < 4.78 is 14.8. The summed E-state index contributed by atoms with van der Waals surface area (Å²) in [7, 11) is 0. The van der Waals surface area contributed by atoms with Gasteiger partial charge in [-0.15, -0.1) is 11.3 Å². The van der Waals surface area contributed by atoms with E-state index in [1.807, 2.05) is 0 Å². The maximum Gasteiger partial charge on any atom is 0.203 e. The Morgan fingerprint density at radius 2 is 2.00 bits per heavy atom. The van der Waals surface area contributed by atoms with E-state index < -0.39 is 5.82 Å². The number of carbonyl (C=O) groups is 1. The molecule has 0 saturated carbocycles. The number of hydrogen-bond acceptors (Lipinski definition) is 2. The number of aryl methyl sites for hydroxylation is 1. The number of rotatable bonds is 2. The van der Waals surface area contributed by atoms with E-state index in [1.165, 1.54) is 23.5 Å². The molecule has 0 radical (unpaired) electrons. The Hall–Kier alpha value is -0.520. The summed E-state index contributed by atoms with van der Waals surface area (Å²) in [5.41, 5.74) is 1.18. The number of ketones is 1. The van der Waals surface area contributed by atoms with Crippen LogP contribution in [0.5, 0.6) is 0 Å². The van der Waals surface area contributed by atoms with Crippen molar-refractivity contribution < 1.29 is 9.18 Å². The zero-order valence-corrected chi connectivity index (χ0v) is 12.7. The van der Waals surface area contributed by atoms with Gasteiger partial charge in [-0.25, -0.2) is 4.39 Å². The first-order valence-corrected chi connectivity index (χ1v) is 7.15. The van der Waals surface area contributed by atoms with E-state index in [-0.39, 0.29) is 5.78 Å². The Morgan fingerprint density at radius 1 is 1.29 bits per heavy atom. The van der Waals surface area contributed by atoms with E-state index in [2.05, 4.69) is 31.9 Å². The van der Waals surface area contributed by atoms with Gasteiger partial charge in [0.1, 0.15) is 5.82 Å². The molecule has 1 aromatic carbocycles. The third-order valence-electron chi connectivity index (χ3n) is 2.31. The summed E-state index contributed by atoms with van der Waals surface area (Å²) >= 11 is 7.99. The van der Waals surface area contributed by atoms with Gasteiger partial charge in [-0.3, -0.25) is 4.79 Å². The maximum atomic E-state index is 13.1. The number of carbonyl (C=O) groups excluding carboxylic acids is 1. The lowest BCUT2D eigenvalue weighted by Crippen LogP contribution is -2.02. The number of halogens is 3. The van der Waals surface area contributed by atoms with Crippen LogP contribution in [0, 0.1) is 12.7 Å². The van der Waals surface area contributed by atoms with E-state index >= 15 is 0 Å². The molecule has 0 spiro atoms. The largest absolute Gasteiger partial charge is 0.288 e. The summed E-state index contributed by atoms with van der Waals surface area (Å²) in [6.07, 6.45) is 0. The van der Waals surface area contributed by atoms with Crippen molar-refractivity contribution in [2.75, 3.05) is 0 Å². The average molecular weight is 378 g/mol. The molecule has 0 fully saturated rings. The topological polar surface area (TPSA) is 17.1 Å². The van der Waals surface area contributed by atoms with Gasteiger partial charge in [-0.2, -0.15) is 0 Å². The molecule has 0 aliphatic carbocycles. The number of thiophene rings is 1. The first-order chi connectivity index (χ1) is 7.99. The molecule has 0 bridgehead atoms. The highest BCUT2D eigenvalue weighted by Gasteiger charge is 2.16. The Kier molecular flexibility index (Phi) is 3.80. The van der Waals surface area contributed by atoms with Gasteiger partial charge in [-0.05, 0) is 62.5 Å². The van der Waals surface area contributed by atoms with Crippen LogP contribution < -0.4 is 0 Å². The quantitative estimate of drug-likeness (QED) is 0.676. The van der Waals surface area contributed by atoms with E-state index in [1.54, 1.807) is 19.1 Å². The van der Waals surface area contributed by atoms with Crippen LogP contribution in [0.1, 0.15) is 20.8 Å². The highest BCUT2D eigenvalue weighted by Crippen LogP contribution is 2.33. The van der Waals surface area contributed by atoms with Crippen molar-refractivity contribution in [3.8, 4) is 0 Å². The van der Waals surface area contributed by atoms with Gasteiger partial charge < -0.3 is 0 Å². The normalized spacial score (nSPS) is 10.6. The molecular formula is C12H7Br2FOS. The van der Waals surface area contributed by atoms with E-state index in [0.29, 0.717) is 10.4 Å². The molecule has 1 heterocycles. The molecule has 0 saturated heterocycles. The van der Waals surface area contributed by atoms with Crippen LogP contribution in [0.25, 0.3) is 0 Å². The smallest absolute Gasteiger partial charge is 0.203 e. The maximum absolute atomic E-state index is 13.1. The van der Waals surface area contributed by atoms with E-state index in [9.17, 15) is 9.18 Å². The molecule has 88 valence electrons. The van der Waals surface area contributed by atoms with Crippen LogP contribution in [0.15, 0.2) is 32.5 Å². The second kappa shape index (κ2) is 5.00. The zero-order chi connectivity index (χ0) is 12.6. The molecule has 5 heteroatoms. The summed E-state index contributed by atoms with van der Waals surface area (Å²) in [6.45, 7) is 1.80. The SMILES string of the molecule is Cc1ccc(F)cc1C(=O)c1cc(Br)c(Br)s1. The van der Waals surface area contributed by atoms with Crippen molar-refractivity contribution in [3.63, 3.8) is 0 Å². The second-order valence-corrected chi connectivity index (χ2v) is 6.75. The molecule has 2 rings (SSSR count). The van der Waals surface area contributed by atoms with Gasteiger partial charge in [0.15, 0.2) is 0 Å². The standard InChI is InChI=1S/C12H7Br2FOS/c1-6-2-3-7(15)4-8(6)11(16)10-5-9(13)12(14)17-10/h2-5H,1H3. The van der Waals surface area contributed by atoms with Crippen LogP contribution >= 0.6 is 43.2 Å². The number of benzene rings is 1. The zero-order valence-electron chi connectivity index (χ0n) is 8.76. The Morgan fingerprint density at radius 3 is 2.59 bits per heavy atom. The third kappa shape index (κ3) is 2.67. The van der Waals surface area contributed by atoms with Gasteiger partial charge in [0.25, 0.3) is 0 Å². The summed E-state index contributed by atoms with van der Waals surface area (Å²) in [5.74, 6) is -0.549. The molecule has 0 amide bonds. The van der Waals surface area contributed by atoms with Gasteiger partial charge in [-0.1, -0.05) is 6.07 Å². The molecule has 2 aromatic rings. The van der Waals surface area contributed by atoms with Gasteiger partial charge in [0, 0.05) is 10.0 Å². The van der Waals surface area contributed by atoms with Gasteiger partial charge in [0.05, 0.1) is 8.66 Å². The fraction of sp³-hybridized carbons (Fsp3) is 0.0833. The van der Waals surface area contributed by atoms with Crippen molar-refractivity contribution in [2.24, 2.45) is 0 Å². The predicted octanol–water partition coefficient (Wildman–Crippen LogP) is 4.95. The Balaban J connectivity index is 2.47. The fourth-order valence-electron chi connectivity index (χ4n) is 1.43. The summed E-state index contributed by atoms with van der Waals surface area (Å²) in [4.78, 5) is 12.8. The molecule has 0 aliphatic rings. The van der Waals surface area contributed by atoms with Gasteiger partial charge >= 0.3 is 0 Å². The second-order valence-electron chi connectivity index (χ2n) is 3.52. The average Bonchev–Trinajstić information content (AvgIpc) is 2.62. The highest BCUT2D eigenvalue weighted by atomic mass is 79.9. The minimum atomic E-state index is -0.395. The van der Waals surface area contributed by atoms with Crippen molar-refractivity contribution >= 4 is 49.0 Å². The highest BCUT2D eigenvalue weighted by molar-refractivity contribution is 9.13. The lowest BCUT2D eigenvalue weighted by molar-refractivity contribution is 0.104. The van der Waals surface area contributed by atoms with E-state index in [0.717, 1.165) is 13.8 Å². The van der Waals surface area contributed by atoms with Crippen molar-refractivity contribution in [3.05, 3.63) is 54.3 Å². The molecule has 1 aromatic heterocycles. The molecule has 1 nitrogen and oxygen atoms in total. The molecule has 0 N–H and O–H groups in total. The Labute approximate surface area is 119 Å². The van der Waals surface area contributed by atoms with Crippen LogP contribution in [0.2, 0.25) is 0 Å². The molecule has 0 atom stereocenters. The summed E-state index contributed by atoms with van der Waals surface area (Å²) in [6, 6.07) is 5.98. The van der Waals surface area contributed by atoms with Crippen molar-refractivity contribution in [2.45, 2.75) is 6.92 Å². The Bertz CT molecular complexity index is 573. The van der Waals surface area contributed by atoms with Crippen LogP contribution in [-0.2, 0) is 0 Å². The molecule has 17 heavy (non-hydrogen) atoms. The summed E-state index contributed by atoms with van der Waals surface area (Å²) in [5, 5.41) is 0. The minimum Gasteiger partial charge on any atom is -0.288 e. The predicted molar refractivity (Wildman–Crippen MR) is 74.3 cm³/mol. The van der Waals surface area contributed by atoms with Crippen molar-refractivity contribution in [1.29, 1.82) is 0 Å². The van der Waals surface area contributed by atoms with Gasteiger partial charge in [0.2, 0.25) is 5.78 Å². The fourth-order valence-corrected chi connectivity index (χ4v) is 3.42. The van der Waals surface area contributed by atoms with Crippen LogP contribution in [0.4, 0.5) is 4.39 Å².